The van der Waals surface area contributed by atoms with Gasteiger partial charge in [0.1, 0.15) is 146 Å². The van der Waals surface area contributed by atoms with E-state index < -0.39 is 241 Å². The highest BCUT2D eigenvalue weighted by Gasteiger charge is 2.58. The molecule has 0 unspecified atom stereocenters. The zero-order chi connectivity index (χ0) is 60.1. The van der Waals surface area contributed by atoms with Gasteiger partial charge in [0.05, 0.1) is 60.8 Å². The Morgan fingerprint density at radius 3 is 1.20 bits per heavy atom. The molecule has 0 aromatic carbocycles. The lowest BCUT2D eigenvalue weighted by molar-refractivity contribution is -0.862. The van der Waals surface area contributed by atoms with E-state index in [2.05, 4.69) is 21.5 Å². The average molecular weight is 1190 g/mol. The van der Waals surface area contributed by atoms with Crippen molar-refractivity contribution in [1.82, 2.24) is 21.5 Å². The summed E-state index contributed by atoms with van der Waals surface area (Å²) in [5.74, 6) is -2.24. The van der Waals surface area contributed by atoms with Crippen molar-refractivity contribution in [2.45, 2.75) is 198 Å². The van der Waals surface area contributed by atoms with Crippen molar-refractivity contribution >= 4 is 17.7 Å². The van der Waals surface area contributed by atoms with Crippen LogP contribution in [0.5, 0.6) is 0 Å². The lowest BCUT2D eigenvalue weighted by atomic mass is 9.93. The first-order valence-corrected chi connectivity index (χ1v) is 25.9. The number of carbonyl (C=O) groups is 3. The lowest BCUT2D eigenvalue weighted by Gasteiger charge is -2.51. The topological polar surface area (TPSA) is 545 Å². The Hall–Kier alpha value is -2.79. The predicted octanol–water partition coefficient (Wildman–Crippen LogP) is -14.5. The van der Waals surface area contributed by atoms with E-state index in [0.717, 1.165) is 13.8 Å². The second-order valence-electron chi connectivity index (χ2n) is 21.4. The first-order valence-electron chi connectivity index (χ1n) is 25.9. The maximum absolute atomic E-state index is 12.7. The van der Waals surface area contributed by atoms with Gasteiger partial charge in [-0.3, -0.25) is 19.8 Å². The van der Waals surface area contributed by atoms with Gasteiger partial charge in [-0.25, -0.2) is 5.43 Å². The molecule has 30 atom stereocenters. The normalized spacial score (nSPS) is 46.1. The fourth-order valence-electron chi connectivity index (χ4n) is 10.1. The van der Waals surface area contributed by atoms with Gasteiger partial charge >= 0.3 is 0 Å². The largest absolute Gasteiger partial charge is 0.394 e. The molecule has 6 aliphatic heterocycles. The van der Waals surface area contributed by atoms with Crippen LogP contribution in [0.25, 0.3) is 0 Å². The Balaban J connectivity index is 1.20. The number of hydrogen-bond acceptors (Lipinski definition) is 32. The number of aliphatic hydroxyl groups is 17. The Morgan fingerprint density at radius 1 is 0.383 bits per heavy atom. The second kappa shape index (κ2) is 29.1. The first kappa shape index (κ1) is 67.3. The van der Waals surface area contributed by atoms with Gasteiger partial charge in [-0.05, 0) is 0 Å². The molecule has 21 N–H and O–H groups in total. The predicted molar refractivity (Wildman–Crippen MR) is 254 cm³/mol. The van der Waals surface area contributed by atoms with Crippen molar-refractivity contribution in [3.8, 4) is 0 Å². The molecular weight excluding hydrogens is 1110 g/mol. The summed E-state index contributed by atoms with van der Waals surface area (Å²) in [7, 11) is 5.21. The highest BCUT2D eigenvalue weighted by Crippen LogP contribution is 2.37. The van der Waals surface area contributed by atoms with E-state index in [1.54, 1.807) is 21.1 Å². The van der Waals surface area contributed by atoms with Crippen LogP contribution in [0.15, 0.2) is 0 Å². The maximum atomic E-state index is 12.7. The third-order valence-electron chi connectivity index (χ3n) is 14.2. The summed E-state index contributed by atoms with van der Waals surface area (Å²) in [6.07, 6.45) is -53.0. The molecule has 36 heteroatoms. The summed E-state index contributed by atoms with van der Waals surface area (Å²) >= 11 is 0. The number of likely N-dealkylation sites (N-methyl/N-ethyl adjacent to an activating group) is 1. The number of hydrazine groups is 1. The van der Waals surface area contributed by atoms with Gasteiger partial charge in [-0.15, -0.1) is 0 Å². The number of aliphatic hydroxyl groups excluding tert-OH is 17. The van der Waals surface area contributed by atoms with Gasteiger partial charge in [0.25, 0.3) is 5.91 Å². The van der Waals surface area contributed by atoms with Gasteiger partial charge in [0.15, 0.2) is 44.2 Å². The Kier molecular flexibility index (Phi) is 24.2. The number of ether oxygens (including phenoxy) is 11. The molecule has 0 aromatic rings. The summed E-state index contributed by atoms with van der Waals surface area (Å²) in [6.45, 7) is -3.88. The van der Waals surface area contributed by atoms with E-state index in [4.69, 9.17) is 52.1 Å². The molecule has 81 heavy (non-hydrogen) atoms. The van der Waals surface area contributed by atoms with Crippen molar-refractivity contribution in [3.05, 3.63) is 0 Å². The van der Waals surface area contributed by atoms with Crippen LogP contribution < -0.4 is 21.5 Å². The Morgan fingerprint density at radius 2 is 0.741 bits per heavy atom. The molecule has 6 rings (SSSR count). The van der Waals surface area contributed by atoms with Crippen LogP contribution in [-0.2, 0) is 66.5 Å². The third-order valence-corrected chi connectivity index (χ3v) is 14.2. The average Bonchev–Trinajstić information content (AvgIpc) is 3.45. The van der Waals surface area contributed by atoms with Crippen LogP contribution in [0.3, 0.4) is 0 Å². The molecule has 470 valence electrons. The molecule has 0 radical (unpaired) electrons. The van der Waals surface area contributed by atoms with Crippen molar-refractivity contribution in [2.24, 2.45) is 0 Å². The van der Waals surface area contributed by atoms with Crippen molar-refractivity contribution in [1.29, 1.82) is 0 Å². The van der Waals surface area contributed by atoms with Crippen LogP contribution >= 0.6 is 0 Å². The molecule has 0 aromatic heterocycles. The van der Waals surface area contributed by atoms with Crippen molar-refractivity contribution < 1.29 is 158 Å². The van der Waals surface area contributed by atoms with E-state index in [9.17, 15) is 101 Å². The van der Waals surface area contributed by atoms with E-state index in [1.165, 1.54) is 0 Å². The minimum Gasteiger partial charge on any atom is -0.394 e. The zero-order valence-electron chi connectivity index (χ0n) is 44.5. The quantitative estimate of drug-likeness (QED) is 0.0353. The molecule has 36 nitrogen and oxygen atoms in total. The fourth-order valence-corrected chi connectivity index (χ4v) is 10.1. The number of rotatable bonds is 22. The SMILES string of the molecule is CC(=O)N[C@H]1[C@H](O[C@H]2[C@@H](O)[C@@H](CO)O[C@@H](O[C@H]3[C@H](O)[C@@H](O)[C@@H](NNC(=O)C[N+](C)(C)C)O[C@@H]3CO)[C@@H]2O)O[C@H](CO)[C@@H](O[C@H]2O[C@H](CO)[C@H](O)[C@H](O[C@@H]3O[C@H](CO)[C@@H](O)[C@H](O[C@@H]4O[C@H](CO)[C@H](O)[C@H](O)[C@H]4O)[C@H]3NC(C)=O)[C@H]2O)[C@@H]1O. The van der Waals surface area contributed by atoms with Crippen LogP contribution in [0.2, 0.25) is 0 Å². The van der Waals surface area contributed by atoms with Gasteiger partial charge in [0.2, 0.25) is 11.8 Å². The summed E-state index contributed by atoms with van der Waals surface area (Å²) in [6, 6.07) is -3.55. The van der Waals surface area contributed by atoms with Crippen molar-refractivity contribution in [2.75, 3.05) is 67.3 Å². The number of amides is 3. The third kappa shape index (κ3) is 15.6. The summed E-state index contributed by atoms with van der Waals surface area (Å²) in [5.41, 5.74) is 4.77. The van der Waals surface area contributed by atoms with Gasteiger partial charge < -0.3 is 154 Å². The van der Waals surface area contributed by atoms with Gasteiger partial charge in [-0.2, -0.15) is 0 Å². The second-order valence-corrected chi connectivity index (χ2v) is 21.4. The van der Waals surface area contributed by atoms with E-state index in [1.807, 2.05) is 0 Å². The number of carbonyl (C=O) groups excluding carboxylic acids is 3. The number of nitrogens with one attached hydrogen (secondary N) is 4. The summed E-state index contributed by atoms with van der Waals surface area (Å²) in [4.78, 5) is 37.8. The molecule has 0 saturated carbocycles. The Labute approximate surface area is 461 Å². The molecule has 3 amide bonds. The van der Waals surface area contributed by atoms with Crippen LogP contribution in [0, 0.1) is 0 Å². The van der Waals surface area contributed by atoms with E-state index in [-0.39, 0.29) is 11.0 Å². The van der Waals surface area contributed by atoms with Crippen LogP contribution in [0.4, 0.5) is 0 Å². The van der Waals surface area contributed by atoms with Crippen molar-refractivity contribution in [3.63, 3.8) is 0 Å². The van der Waals surface area contributed by atoms with E-state index >= 15 is 0 Å². The molecular formula is C45H80N5O31+. The zero-order valence-corrected chi connectivity index (χ0v) is 44.5. The minimum absolute atomic E-state index is 0.0166. The molecule has 6 aliphatic rings. The van der Waals surface area contributed by atoms with Crippen LogP contribution in [0.1, 0.15) is 13.8 Å². The number of hydrogen-bond donors (Lipinski definition) is 21. The number of nitrogens with zero attached hydrogens (tertiary/aromatic N) is 1. The highest BCUT2D eigenvalue weighted by molar-refractivity contribution is 5.76. The molecule has 6 fully saturated rings. The molecule has 6 heterocycles. The maximum Gasteiger partial charge on any atom is 0.289 e. The minimum atomic E-state index is -2.24. The van der Waals surface area contributed by atoms with Gasteiger partial charge in [0, 0.05) is 13.8 Å². The molecule has 6 saturated heterocycles. The lowest BCUT2D eigenvalue weighted by Crippen LogP contribution is -2.71. The fraction of sp³-hybridized carbons (Fsp3) is 0.933. The van der Waals surface area contributed by atoms with E-state index in [0.29, 0.717) is 0 Å². The van der Waals surface area contributed by atoms with Crippen LogP contribution in [-0.4, -0.2) is 360 Å². The van der Waals surface area contributed by atoms with Gasteiger partial charge in [-0.1, -0.05) is 0 Å². The monoisotopic (exact) mass is 1190 g/mol. The number of quaternary nitrogens is 1. The smallest absolute Gasteiger partial charge is 0.289 e. The standard InChI is InChI=1S/C45H79N5O31/c1-13(57)46-22-28(64)35(20(12-56)76-41(22)80-38-26(62)17(9-53)75-45(33(38)69)78-36-19(11-55)71-40(31(67)30(36)66)49-48-21(59)6-50(3,4)5)77-44-34(70)39(27(63)18(10-54)74-44)81-42-23(47-14(2)58)37(25(61)16(8-52)72-42)79-43-32(68)29(65)24(60)15(7-51)73-43/h15-20,22-45,49,51-56,60-70H,6-12H2,1-5H3,(H2-,46,47,48,57,58,59)/p+1/t15-,16-,17-,18-,19-,20-,22-,23-,24+,25-,26+,27+,28-,29+,30-,31-,32-,33-,34-,35-,36-,37-,38+,39+,40+,41+,42+,43+,44-,45+/m1/s1. The summed E-state index contributed by atoms with van der Waals surface area (Å²) in [5, 5.41) is 190. The first-order chi connectivity index (χ1) is 38.1. The molecule has 0 bridgehead atoms. The Bertz CT molecular complexity index is 2000. The highest BCUT2D eigenvalue weighted by atomic mass is 16.8. The summed E-state index contributed by atoms with van der Waals surface area (Å²) < 4.78 is 64.0. The molecule has 0 aliphatic carbocycles. The molecule has 0 spiro atoms.